The summed E-state index contributed by atoms with van der Waals surface area (Å²) in [5.41, 5.74) is 0.196. The summed E-state index contributed by atoms with van der Waals surface area (Å²) in [7, 11) is 0. The van der Waals surface area contributed by atoms with Crippen molar-refractivity contribution in [1.82, 2.24) is 0 Å². The number of hydrogen-bond donors (Lipinski definition) is 1. The number of carboxylic acids is 1. The Bertz CT molecular complexity index is 822. The lowest BCUT2D eigenvalue weighted by Gasteiger charge is -2.13. The lowest BCUT2D eigenvalue weighted by Crippen LogP contribution is -2.11. The first kappa shape index (κ1) is 19.3. The van der Waals surface area contributed by atoms with Gasteiger partial charge in [0.05, 0.1) is 11.1 Å². The van der Waals surface area contributed by atoms with Crippen LogP contribution in [0.25, 0.3) is 5.57 Å². The Morgan fingerprint density at radius 1 is 1.12 bits per heavy atom. The van der Waals surface area contributed by atoms with Gasteiger partial charge >= 0.3 is 12.1 Å². The molecule has 0 aliphatic heterocycles. The molecule has 0 aliphatic rings. The van der Waals surface area contributed by atoms with E-state index in [0.717, 1.165) is 6.08 Å². The number of alkyl halides is 3. The van der Waals surface area contributed by atoms with Crippen molar-refractivity contribution in [2.24, 2.45) is 0 Å². The summed E-state index contributed by atoms with van der Waals surface area (Å²) in [4.78, 5) is 11.0. The summed E-state index contributed by atoms with van der Waals surface area (Å²) in [6.45, 7) is 1.60. The number of aryl methyl sites for hydroxylation is 1. The van der Waals surface area contributed by atoms with Gasteiger partial charge in [-0.15, -0.1) is 0 Å². The minimum Gasteiger partial charge on any atom is -0.478 e. The van der Waals surface area contributed by atoms with E-state index in [4.69, 9.17) is 28.3 Å². The molecule has 0 unspecified atom stereocenters. The summed E-state index contributed by atoms with van der Waals surface area (Å²) in [6, 6.07) is 8.18. The van der Waals surface area contributed by atoms with E-state index in [9.17, 15) is 18.0 Å². The number of carbonyl (C=O) groups is 1. The first-order valence-electron chi connectivity index (χ1n) is 7.14. The molecule has 2 rings (SSSR count). The average molecular weight is 389 g/mol. The Hall–Kier alpha value is -1.98. The predicted octanol–water partition coefficient (Wildman–Crippen LogP) is 6.19. The maximum Gasteiger partial charge on any atom is 0.416 e. The van der Waals surface area contributed by atoms with Gasteiger partial charge in [0.2, 0.25) is 0 Å². The summed E-state index contributed by atoms with van der Waals surface area (Å²) < 4.78 is 40.2. The van der Waals surface area contributed by atoms with Crippen LogP contribution in [0.2, 0.25) is 10.0 Å². The summed E-state index contributed by atoms with van der Waals surface area (Å²) >= 11 is 11.6. The third kappa shape index (κ3) is 5.00. The van der Waals surface area contributed by atoms with E-state index < -0.39 is 17.7 Å². The fourth-order valence-corrected chi connectivity index (χ4v) is 2.95. The fourth-order valence-electron chi connectivity index (χ4n) is 2.42. The third-order valence-electron chi connectivity index (χ3n) is 3.54. The number of aromatic carboxylic acids is 1. The van der Waals surface area contributed by atoms with Crippen LogP contribution in [0.3, 0.4) is 0 Å². The standard InChI is InChI=1S/C18H13Cl2F3O2/c1-10-6-11(2-4-15(10)17(24)25)3-5-16(18(21,22)23)12-7-13(19)9-14(20)8-12/h2,4-9H,3H2,1H3,(H,24,25)/b16-5+. The largest absolute Gasteiger partial charge is 0.478 e. The van der Waals surface area contributed by atoms with Crippen molar-refractivity contribution in [3.8, 4) is 0 Å². The van der Waals surface area contributed by atoms with E-state index in [0.29, 0.717) is 11.1 Å². The number of hydrogen-bond acceptors (Lipinski definition) is 1. The van der Waals surface area contributed by atoms with Crippen LogP contribution in [-0.4, -0.2) is 17.3 Å². The number of allylic oxidation sites excluding steroid dienone is 2. The maximum absolute atomic E-state index is 13.4. The van der Waals surface area contributed by atoms with Gasteiger partial charge in [-0.05, 0) is 54.3 Å². The van der Waals surface area contributed by atoms with Crippen LogP contribution >= 0.6 is 23.2 Å². The highest BCUT2D eigenvalue weighted by Crippen LogP contribution is 2.36. The second-order valence-electron chi connectivity index (χ2n) is 5.43. The molecule has 0 spiro atoms. The molecule has 2 nitrogen and oxygen atoms in total. The minimum absolute atomic E-state index is 0.0142. The molecule has 25 heavy (non-hydrogen) atoms. The molecule has 0 heterocycles. The van der Waals surface area contributed by atoms with Crippen LogP contribution in [0.4, 0.5) is 13.2 Å². The second kappa shape index (κ2) is 7.50. The van der Waals surface area contributed by atoms with Gasteiger partial charge in [0.15, 0.2) is 0 Å². The number of rotatable bonds is 4. The van der Waals surface area contributed by atoms with Crippen LogP contribution in [-0.2, 0) is 6.42 Å². The average Bonchev–Trinajstić information content (AvgIpc) is 2.44. The highest BCUT2D eigenvalue weighted by molar-refractivity contribution is 6.34. The Kier molecular flexibility index (Phi) is 5.80. The van der Waals surface area contributed by atoms with Crippen LogP contribution in [0.5, 0.6) is 0 Å². The van der Waals surface area contributed by atoms with Gasteiger partial charge in [-0.2, -0.15) is 13.2 Å². The molecule has 2 aromatic rings. The Balaban J connectivity index is 2.39. The predicted molar refractivity (Wildman–Crippen MR) is 92.3 cm³/mol. The van der Waals surface area contributed by atoms with Gasteiger partial charge in [0.1, 0.15) is 0 Å². The van der Waals surface area contributed by atoms with Gasteiger partial charge in [0.25, 0.3) is 0 Å². The molecular weight excluding hydrogens is 376 g/mol. The highest BCUT2D eigenvalue weighted by atomic mass is 35.5. The molecule has 0 aromatic heterocycles. The first-order chi connectivity index (χ1) is 11.6. The van der Waals surface area contributed by atoms with Crippen molar-refractivity contribution in [3.63, 3.8) is 0 Å². The Morgan fingerprint density at radius 3 is 2.20 bits per heavy atom. The minimum atomic E-state index is -4.58. The quantitative estimate of drug-likeness (QED) is 0.677. The molecule has 0 saturated heterocycles. The molecule has 0 bridgehead atoms. The topological polar surface area (TPSA) is 37.3 Å². The molecule has 1 N–H and O–H groups in total. The van der Waals surface area contributed by atoms with Crippen molar-refractivity contribution in [1.29, 1.82) is 0 Å². The van der Waals surface area contributed by atoms with E-state index >= 15 is 0 Å². The second-order valence-corrected chi connectivity index (χ2v) is 6.31. The van der Waals surface area contributed by atoms with E-state index in [1.165, 1.54) is 30.3 Å². The van der Waals surface area contributed by atoms with Crippen LogP contribution in [0, 0.1) is 6.92 Å². The zero-order valence-electron chi connectivity index (χ0n) is 13.0. The molecule has 132 valence electrons. The SMILES string of the molecule is Cc1cc(C/C=C(\c2cc(Cl)cc(Cl)c2)C(F)(F)F)ccc1C(=O)O. The molecule has 2 aromatic carbocycles. The van der Waals surface area contributed by atoms with Gasteiger partial charge in [-0.1, -0.05) is 41.4 Å². The summed E-state index contributed by atoms with van der Waals surface area (Å²) in [5, 5.41) is 9.22. The lowest BCUT2D eigenvalue weighted by atomic mass is 9.99. The normalized spacial score (nSPS) is 12.3. The zero-order valence-corrected chi connectivity index (χ0v) is 14.5. The van der Waals surface area contributed by atoms with Crippen LogP contribution in [0.15, 0.2) is 42.5 Å². The first-order valence-corrected chi connectivity index (χ1v) is 7.90. The monoisotopic (exact) mass is 388 g/mol. The molecule has 0 aliphatic carbocycles. The van der Waals surface area contributed by atoms with Crippen LogP contribution in [0.1, 0.15) is 27.0 Å². The van der Waals surface area contributed by atoms with Gasteiger partial charge < -0.3 is 5.11 Å². The van der Waals surface area contributed by atoms with E-state index in [1.807, 2.05) is 0 Å². The number of benzene rings is 2. The number of carboxylic acid groups (broad SMARTS) is 1. The van der Waals surface area contributed by atoms with Gasteiger partial charge in [0, 0.05) is 10.0 Å². The van der Waals surface area contributed by atoms with E-state index in [-0.39, 0.29) is 27.6 Å². The number of halogens is 5. The maximum atomic E-state index is 13.4. The van der Waals surface area contributed by atoms with Crippen molar-refractivity contribution in [3.05, 3.63) is 74.8 Å². The zero-order chi connectivity index (χ0) is 18.8. The fraction of sp³-hybridized carbons (Fsp3) is 0.167. The summed E-state index contributed by atoms with van der Waals surface area (Å²) in [6.07, 6.45) is -3.55. The van der Waals surface area contributed by atoms with Crippen molar-refractivity contribution < 1.29 is 23.1 Å². The molecule has 0 amide bonds. The van der Waals surface area contributed by atoms with Crippen molar-refractivity contribution in [2.45, 2.75) is 19.5 Å². The van der Waals surface area contributed by atoms with Crippen molar-refractivity contribution >= 4 is 34.7 Å². The lowest BCUT2D eigenvalue weighted by molar-refractivity contribution is -0.0690. The molecule has 0 atom stereocenters. The molecule has 0 saturated carbocycles. The Morgan fingerprint density at radius 2 is 1.72 bits per heavy atom. The molecular formula is C18H13Cl2F3O2. The van der Waals surface area contributed by atoms with Gasteiger partial charge in [-0.3, -0.25) is 0 Å². The molecule has 0 radical (unpaired) electrons. The van der Waals surface area contributed by atoms with E-state index in [1.54, 1.807) is 13.0 Å². The highest BCUT2D eigenvalue weighted by Gasteiger charge is 2.34. The third-order valence-corrected chi connectivity index (χ3v) is 3.98. The van der Waals surface area contributed by atoms with E-state index in [2.05, 4.69) is 0 Å². The van der Waals surface area contributed by atoms with Crippen LogP contribution < -0.4 is 0 Å². The van der Waals surface area contributed by atoms with Gasteiger partial charge in [-0.25, -0.2) is 4.79 Å². The van der Waals surface area contributed by atoms with Crippen molar-refractivity contribution in [2.75, 3.05) is 0 Å². The summed E-state index contributed by atoms with van der Waals surface area (Å²) in [5.74, 6) is -1.08. The molecule has 0 fully saturated rings. The Labute approximate surface area is 152 Å². The smallest absolute Gasteiger partial charge is 0.416 e. The molecule has 7 heteroatoms.